The number of carbonyl (C=O) groups is 1. The van der Waals surface area contributed by atoms with Crippen molar-refractivity contribution in [2.24, 2.45) is 0 Å². The van der Waals surface area contributed by atoms with Gasteiger partial charge in [0.25, 0.3) is 5.91 Å². The quantitative estimate of drug-likeness (QED) is 0.488. The molecule has 0 radical (unpaired) electrons. The van der Waals surface area contributed by atoms with E-state index in [-0.39, 0.29) is 11.3 Å². The smallest absolute Gasteiger partial charge is 0.257 e. The van der Waals surface area contributed by atoms with Crippen molar-refractivity contribution in [3.8, 4) is 11.3 Å². The molecule has 2 aromatic heterocycles. The summed E-state index contributed by atoms with van der Waals surface area (Å²) in [6.45, 7) is 2.26. The lowest BCUT2D eigenvalue weighted by atomic mass is 10.0. The molecule has 2 aromatic carbocycles. The fourth-order valence-electron chi connectivity index (χ4n) is 3.28. The third kappa shape index (κ3) is 3.25. The van der Waals surface area contributed by atoms with Crippen LogP contribution < -0.4 is 5.43 Å². The Morgan fingerprint density at radius 3 is 2.57 bits per heavy atom. The molecule has 5 heteroatoms. The number of carbonyl (C=O) groups excluding carboxylic acids is 1. The lowest BCUT2D eigenvalue weighted by Crippen LogP contribution is -2.26. The average Bonchev–Trinajstić information content (AvgIpc) is 3.23. The summed E-state index contributed by atoms with van der Waals surface area (Å²) in [5, 5.41) is 4.43. The number of hydrogen-bond donors (Lipinski definition) is 0. The van der Waals surface area contributed by atoms with Gasteiger partial charge in [0, 0.05) is 24.7 Å². The minimum atomic E-state index is -0.178. The van der Waals surface area contributed by atoms with Crippen LogP contribution in [0.2, 0.25) is 0 Å². The summed E-state index contributed by atoms with van der Waals surface area (Å²) in [5.74, 6) is 0.321. The number of amides is 1. The number of hydrogen-bond acceptors (Lipinski definition) is 4. The molecule has 1 amide bonds. The molecule has 0 bridgehead atoms. The van der Waals surface area contributed by atoms with Crippen molar-refractivity contribution in [3.05, 3.63) is 92.3 Å². The van der Waals surface area contributed by atoms with Gasteiger partial charge >= 0.3 is 0 Å². The SMILES string of the molecule is Cc1c(-c2ccccc2)oc2c(C(=O)N(C)Cc3ccsc3)cccc2c1=O. The summed E-state index contributed by atoms with van der Waals surface area (Å²) < 4.78 is 6.15. The number of rotatable bonds is 4. The topological polar surface area (TPSA) is 50.5 Å². The Balaban J connectivity index is 1.84. The molecule has 0 aliphatic heterocycles. The van der Waals surface area contributed by atoms with Gasteiger partial charge in [0.2, 0.25) is 0 Å². The number of para-hydroxylation sites is 1. The van der Waals surface area contributed by atoms with Crippen LogP contribution in [0.4, 0.5) is 0 Å². The number of fused-ring (bicyclic) bond motifs is 1. The van der Waals surface area contributed by atoms with E-state index in [2.05, 4.69) is 0 Å². The molecule has 0 N–H and O–H groups in total. The van der Waals surface area contributed by atoms with E-state index in [4.69, 9.17) is 4.42 Å². The molecule has 140 valence electrons. The molecule has 4 nitrogen and oxygen atoms in total. The maximum atomic E-state index is 13.1. The molecule has 0 aliphatic rings. The van der Waals surface area contributed by atoms with Gasteiger partial charge in [0.15, 0.2) is 11.0 Å². The van der Waals surface area contributed by atoms with E-state index in [1.54, 1.807) is 48.4 Å². The minimum absolute atomic E-state index is 0.116. The fourth-order valence-corrected chi connectivity index (χ4v) is 3.94. The van der Waals surface area contributed by atoms with E-state index in [1.807, 2.05) is 47.2 Å². The zero-order valence-corrected chi connectivity index (χ0v) is 16.5. The molecule has 0 fully saturated rings. The molecule has 0 unspecified atom stereocenters. The van der Waals surface area contributed by atoms with E-state index in [0.717, 1.165) is 11.1 Å². The van der Waals surface area contributed by atoms with Crippen LogP contribution >= 0.6 is 11.3 Å². The van der Waals surface area contributed by atoms with Gasteiger partial charge in [-0.25, -0.2) is 0 Å². The van der Waals surface area contributed by atoms with Gasteiger partial charge in [-0.15, -0.1) is 0 Å². The van der Waals surface area contributed by atoms with Crippen LogP contribution in [0.15, 0.2) is 74.6 Å². The van der Waals surface area contributed by atoms with Gasteiger partial charge in [-0.3, -0.25) is 9.59 Å². The minimum Gasteiger partial charge on any atom is -0.455 e. The van der Waals surface area contributed by atoms with Crippen molar-refractivity contribution in [1.82, 2.24) is 4.90 Å². The number of thiophene rings is 1. The number of benzene rings is 2. The Bertz CT molecular complexity index is 1190. The monoisotopic (exact) mass is 389 g/mol. The third-order valence-corrected chi connectivity index (χ3v) is 5.49. The molecule has 4 aromatic rings. The zero-order valence-electron chi connectivity index (χ0n) is 15.6. The maximum Gasteiger partial charge on any atom is 0.257 e. The van der Waals surface area contributed by atoms with Gasteiger partial charge in [0.05, 0.1) is 10.9 Å². The lowest BCUT2D eigenvalue weighted by molar-refractivity contribution is 0.0786. The molecular formula is C23H19NO3S. The summed E-state index contributed by atoms with van der Waals surface area (Å²) in [6, 6.07) is 16.6. The maximum absolute atomic E-state index is 13.1. The molecule has 0 saturated carbocycles. The summed E-state index contributed by atoms with van der Waals surface area (Å²) in [5.41, 5.74) is 3.03. The Morgan fingerprint density at radius 1 is 1.07 bits per heavy atom. The van der Waals surface area contributed by atoms with Crippen molar-refractivity contribution in [3.63, 3.8) is 0 Å². The highest BCUT2D eigenvalue weighted by molar-refractivity contribution is 7.07. The normalized spacial score (nSPS) is 10.9. The van der Waals surface area contributed by atoms with Gasteiger partial charge in [-0.2, -0.15) is 11.3 Å². The molecule has 2 heterocycles. The first-order valence-electron chi connectivity index (χ1n) is 8.94. The van der Waals surface area contributed by atoms with E-state index in [0.29, 0.717) is 34.4 Å². The first kappa shape index (κ1) is 18.2. The Hall–Kier alpha value is -3.18. The third-order valence-electron chi connectivity index (χ3n) is 4.76. The van der Waals surface area contributed by atoms with Crippen LogP contribution in [0.5, 0.6) is 0 Å². The van der Waals surface area contributed by atoms with E-state index < -0.39 is 0 Å². The summed E-state index contributed by atoms with van der Waals surface area (Å²) in [4.78, 5) is 27.7. The molecule has 28 heavy (non-hydrogen) atoms. The first-order chi connectivity index (χ1) is 13.6. The average molecular weight is 389 g/mol. The van der Waals surface area contributed by atoms with Crippen LogP contribution in [0, 0.1) is 6.92 Å². The number of nitrogens with zero attached hydrogens (tertiary/aromatic N) is 1. The van der Waals surface area contributed by atoms with E-state index >= 15 is 0 Å². The van der Waals surface area contributed by atoms with Gasteiger partial charge in [-0.1, -0.05) is 36.4 Å². The van der Waals surface area contributed by atoms with Crippen LogP contribution in [0.3, 0.4) is 0 Å². The largest absolute Gasteiger partial charge is 0.455 e. The second kappa shape index (κ2) is 7.44. The first-order valence-corrected chi connectivity index (χ1v) is 9.89. The molecule has 0 saturated heterocycles. The van der Waals surface area contributed by atoms with Gasteiger partial charge < -0.3 is 9.32 Å². The van der Waals surface area contributed by atoms with E-state index in [9.17, 15) is 9.59 Å². The van der Waals surface area contributed by atoms with Crippen molar-refractivity contribution >= 4 is 28.2 Å². The van der Waals surface area contributed by atoms with Crippen molar-refractivity contribution in [2.75, 3.05) is 7.05 Å². The molecule has 0 atom stereocenters. The highest BCUT2D eigenvalue weighted by Crippen LogP contribution is 2.28. The highest BCUT2D eigenvalue weighted by atomic mass is 32.1. The highest BCUT2D eigenvalue weighted by Gasteiger charge is 2.20. The standard InChI is InChI=1S/C23H19NO3S/c1-15-20(25)18-9-6-10-19(23(26)24(2)13-16-11-12-28-14-16)22(18)27-21(15)17-7-4-3-5-8-17/h3-12,14H,13H2,1-2H3. The van der Waals surface area contributed by atoms with Gasteiger partial charge in [-0.05, 0) is 41.4 Å². The second-order valence-corrected chi connectivity index (χ2v) is 7.51. The predicted molar refractivity (Wildman–Crippen MR) is 113 cm³/mol. The van der Waals surface area contributed by atoms with Crippen molar-refractivity contribution < 1.29 is 9.21 Å². The van der Waals surface area contributed by atoms with Crippen LogP contribution in [0.1, 0.15) is 21.5 Å². The fraction of sp³-hybridized carbons (Fsp3) is 0.130. The molecule has 0 aliphatic carbocycles. The second-order valence-electron chi connectivity index (χ2n) is 6.73. The van der Waals surface area contributed by atoms with Crippen molar-refractivity contribution in [2.45, 2.75) is 13.5 Å². The van der Waals surface area contributed by atoms with Crippen molar-refractivity contribution in [1.29, 1.82) is 0 Å². The van der Waals surface area contributed by atoms with E-state index in [1.165, 1.54) is 0 Å². The predicted octanol–water partition coefficient (Wildman–Crippen LogP) is 5.10. The summed E-state index contributed by atoms with van der Waals surface area (Å²) in [6.07, 6.45) is 0. The van der Waals surface area contributed by atoms with Gasteiger partial charge in [0.1, 0.15) is 5.76 Å². The van der Waals surface area contributed by atoms with Crippen LogP contribution in [-0.2, 0) is 6.54 Å². The molecule has 4 rings (SSSR count). The zero-order chi connectivity index (χ0) is 19.7. The Labute approximate surface area is 166 Å². The molecule has 0 spiro atoms. The lowest BCUT2D eigenvalue weighted by Gasteiger charge is -2.17. The summed E-state index contributed by atoms with van der Waals surface area (Å²) >= 11 is 1.60. The van der Waals surface area contributed by atoms with Crippen LogP contribution in [0.25, 0.3) is 22.3 Å². The Morgan fingerprint density at radius 2 is 1.86 bits per heavy atom. The summed E-state index contributed by atoms with van der Waals surface area (Å²) in [7, 11) is 1.75. The molecular weight excluding hydrogens is 370 g/mol. The van der Waals surface area contributed by atoms with Crippen LogP contribution in [-0.4, -0.2) is 17.9 Å². The Kier molecular flexibility index (Phi) is 4.84.